The first-order valence-corrected chi connectivity index (χ1v) is 9.93. The molecule has 1 aliphatic rings. The molecule has 2 N–H and O–H groups in total. The standard InChI is InChI=1S/C20H35N3O6/c1-12(2)14(16(25)23-11-9-10-20(23,7)17(26)27)21-15(24)13(3)22(8)18(28)29-19(4,5)6/h12-14H,9-11H2,1-8H3,(H,21,24)(H,26,27). The molecule has 29 heavy (non-hydrogen) atoms. The van der Waals surface area contributed by atoms with E-state index in [1.54, 1.807) is 41.5 Å². The Hall–Kier alpha value is -2.32. The van der Waals surface area contributed by atoms with E-state index in [1.807, 2.05) is 0 Å². The van der Waals surface area contributed by atoms with Gasteiger partial charge < -0.3 is 20.1 Å². The van der Waals surface area contributed by atoms with E-state index in [9.17, 15) is 24.3 Å². The molecule has 166 valence electrons. The van der Waals surface area contributed by atoms with Crippen LogP contribution in [0.5, 0.6) is 0 Å². The van der Waals surface area contributed by atoms with Gasteiger partial charge in [0.1, 0.15) is 23.2 Å². The van der Waals surface area contributed by atoms with E-state index in [-0.39, 0.29) is 5.92 Å². The number of carboxylic acid groups (broad SMARTS) is 1. The van der Waals surface area contributed by atoms with Crippen molar-refractivity contribution in [1.82, 2.24) is 15.1 Å². The summed E-state index contributed by atoms with van der Waals surface area (Å²) in [4.78, 5) is 52.2. The van der Waals surface area contributed by atoms with Crippen LogP contribution >= 0.6 is 0 Å². The summed E-state index contributed by atoms with van der Waals surface area (Å²) in [6.45, 7) is 12.1. The van der Waals surface area contributed by atoms with Crippen LogP contribution in [0.25, 0.3) is 0 Å². The number of likely N-dealkylation sites (tertiary alicyclic amines) is 1. The molecule has 0 radical (unpaired) electrons. The van der Waals surface area contributed by atoms with Crippen molar-refractivity contribution in [3.8, 4) is 0 Å². The van der Waals surface area contributed by atoms with Crippen molar-refractivity contribution >= 4 is 23.9 Å². The van der Waals surface area contributed by atoms with Crippen LogP contribution in [0, 0.1) is 5.92 Å². The van der Waals surface area contributed by atoms with Gasteiger partial charge in [0.2, 0.25) is 11.8 Å². The number of carbonyl (C=O) groups is 4. The number of aliphatic carboxylic acids is 1. The molecular weight excluding hydrogens is 378 g/mol. The van der Waals surface area contributed by atoms with Crippen LogP contribution in [0.3, 0.4) is 0 Å². The van der Waals surface area contributed by atoms with E-state index < -0.39 is 47.1 Å². The van der Waals surface area contributed by atoms with E-state index in [1.165, 1.54) is 23.8 Å². The molecule has 3 atom stereocenters. The second kappa shape index (κ2) is 9.00. The van der Waals surface area contributed by atoms with Crippen LogP contribution in [0.15, 0.2) is 0 Å². The van der Waals surface area contributed by atoms with Gasteiger partial charge in [0.05, 0.1) is 0 Å². The van der Waals surface area contributed by atoms with E-state index >= 15 is 0 Å². The van der Waals surface area contributed by atoms with E-state index in [0.717, 1.165) is 0 Å². The first kappa shape index (κ1) is 24.7. The zero-order valence-electron chi connectivity index (χ0n) is 18.7. The third kappa shape index (κ3) is 5.83. The second-order valence-corrected chi connectivity index (χ2v) is 9.17. The van der Waals surface area contributed by atoms with Crippen LogP contribution < -0.4 is 5.32 Å². The van der Waals surface area contributed by atoms with Gasteiger partial charge in [-0.05, 0) is 53.4 Å². The Labute approximate surface area is 172 Å². The lowest BCUT2D eigenvalue weighted by Gasteiger charge is -2.36. The molecule has 9 heteroatoms. The minimum atomic E-state index is -1.28. The van der Waals surface area contributed by atoms with Crippen LogP contribution in [0.2, 0.25) is 0 Å². The molecule has 0 aromatic heterocycles. The lowest BCUT2D eigenvalue weighted by Crippen LogP contribution is -2.60. The highest BCUT2D eigenvalue weighted by molar-refractivity contribution is 5.94. The fourth-order valence-corrected chi connectivity index (χ4v) is 3.16. The maximum atomic E-state index is 13.1. The van der Waals surface area contributed by atoms with Gasteiger partial charge in [-0.1, -0.05) is 13.8 Å². The van der Waals surface area contributed by atoms with Crippen LogP contribution in [-0.4, -0.2) is 75.6 Å². The maximum absolute atomic E-state index is 13.1. The van der Waals surface area contributed by atoms with Gasteiger partial charge in [0.25, 0.3) is 0 Å². The number of likely N-dealkylation sites (N-methyl/N-ethyl adjacent to an activating group) is 1. The predicted molar refractivity (Wildman–Crippen MR) is 107 cm³/mol. The number of carboxylic acids is 1. The number of ether oxygens (including phenoxy) is 1. The normalized spacial score (nSPS) is 21.5. The Morgan fingerprint density at radius 2 is 1.72 bits per heavy atom. The first-order valence-electron chi connectivity index (χ1n) is 9.93. The molecular formula is C20H35N3O6. The van der Waals surface area contributed by atoms with Crippen LogP contribution in [0.1, 0.15) is 61.3 Å². The fourth-order valence-electron chi connectivity index (χ4n) is 3.16. The summed E-state index contributed by atoms with van der Waals surface area (Å²) in [6, 6.07) is -1.77. The summed E-state index contributed by atoms with van der Waals surface area (Å²) in [6.07, 6.45) is 0.306. The lowest BCUT2D eigenvalue weighted by molar-refractivity contribution is -0.157. The molecule has 0 saturated carbocycles. The number of nitrogens with one attached hydrogen (secondary N) is 1. The van der Waals surface area contributed by atoms with Crippen molar-refractivity contribution < 1.29 is 29.0 Å². The monoisotopic (exact) mass is 413 g/mol. The average molecular weight is 414 g/mol. The molecule has 1 fully saturated rings. The molecule has 0 aromatic carbocycles. The Morgan fingerprint density at radius 3 is 2.17 bits per heavy atom. The SMILES string of the molecule is CC(C)C(NC(=O)C(C)N(C)C(=O)OC(C)(C)C)C(=O)N1CCCC1(C)C(=O)O. The largest absolute Gasteiger partial charge is 0.480 e. The molecule has 1 saturated heterocycles. The molecule has 1 heterocycles. The van der Waals surface area contributed by atoms with E-state index in [2.05, 4.69) is 5.32 Å². The van der Waals surface area contributed by atoms with Crippen LogP contribution in [0.4, 0.5) is 4.79 Å². The van der Waals surface area contributed by atoms with Crippen molar-refractivity contribution in [1.29, 1.82) is 0 Å². The highest BCUT2D eigenvalue weighted by Crippen LogP contribution is 2.30. The number of amides is 3. The van der Waals surface area contributed by atoms with Gasteiger partial charge in [-0.25, -0.2) is 9.59 Å². The molecule has 0 bridgehead atoms. The molecule has 3 unspecified atom stereocenters. The number of nitrogens with zero attached hydrogens (tertiary/aromatic N) is 2. The Kier molecular flexibility index (Phi) is 7.67. The third-order valence-corrected chi connectivity index (χ3v) is 5.24. The molecule has 0 aromatic rings. The van der Waals surface area contributed by atoms with Crippen molar-refractivity contribution in [2.75, 3.05) is 13.6 Å². The van der Waals surface area contributed by atoms with Gasteiger partial charge in [0.15, 0.2) is 0 Å². The molecule has 9 nitrogen and oxygen atoms in total. The van der Waals surface area contributed by atoms with Crippen LogP contribution in [-0.2, 0) is 19.1 Å². The maximum Gasteiger partial charge on any atom is 0.410 e. The molecule has 1 rings (SSSR count). The summed E-state index contributed by atoms with van der Waals surface area (Å²) in [7, 11) is 1.45. The molecule has 0 spiro atoms. The van der Waals surface area contributed by atoms with Gasteiger partial charge in [0, 0.05) is 13.6 Å². The van der Waals surface area contributed by atoms with Gasteiger partial charge in [-0.2, -0.15) is 0 Å². The Balaban J connectivity index is 2.93. The highest BCUT2D eigenvalue weighted by atomic mass is 16.6. The van der Waals surface area contributed by atoms with Gasteiger partial charge in [-0.15, -0.1) is 0 Å². The molecule has 3 amide bonds. The number of rotatable bonds is 6. The molecule has 1 aliphatic heterocycles. The van der Waals surface area contributed by atoms with Crippen molar-refractivity contribution in [3.05, 3.63) is 0 Å². The Bertz CT molecular complexity index is 657. The third-order valence-electron chi connectivity index (χ3n) is 5.24. The minimum Gasteiger partial charge on any atom is -0.480 e. The summed E-state index contributed by atoms with van der Waals surface area (Å²) < 4.78 is 5.27. The van der Waals surface area contributed by atoms with Crippen molar-refractivity contribution in [2.24, 2.45) is 5.92 Å². The quantitative estimate of drug-likeness (QED) is 0.686. The van der Waals surface area contributed by atoms with Gasteiger partial charge in [-0.3, -0.25) is 14.5 Å². The zero-order chi connectivity index (χ0) is 22.7. The molecule has 0 aliphatic carbocycles. The lowest BCUT2D eigenvalue weighted by atomic mass is 9.96. The summed E-state index contributed by atoms with van der Waals surface area (Å²) in [5.41, 5.74) is -1.98. The zero-order valence-corrected chi connectivity index (χ0v) is 18.7. The number of hydrogen-bond donors (Lipinski definition) is 2. The average Bonchev–Trinajstić information content (AvgIpc) is 2.98. The van der Waals surface area contributed by atoms with Crippen molar-refractivity contribution in [3.63, 3.8) is 0 Å². The number of carbonyl (C=O) groups excluding carboxylic acids is 3. The summed E-state index contributed by atoms with van der Waals surface area (Å²) in [5, 5.41) is 12.3. The topological polar surface area (TPSA) is 116 Å². The smallest absolute Gasteiger partial charge is 0.410 e. The predicted octanol–water partition coefficient (Wildman–Crippen LogP) is 1.85. The first-order chi connectivity index (χ1) is 13.1. The van der Waals surface area contributed by atoms with Crippen molar-refractivity contribution in [2.45, 2.75) is 84.5 Å². The van der Waals surface area contributed by atoms with E-state index in [4.69, 9.17) is 4.74 Å². The Morgan fingerprint density at radius 1 is 1.17 bits per heavy atom. The summed E-state index contributed by atoms with van der Waals surface area (Å²) in [5.74, 6) is -2.26. The second-order valence-electron chi connectivity index (χ2n) is 9.17. The number of hydrogen-bond acceptors (Lipinski definition) is 5. The fraction of sp³-hybridized carbons (Fsp3) is 0.800. The summed E-state index contributed by atoms with van der Waals surface area (Å²) >= 11 is 0. The van der Waals surface area contributed by atoms with E-state index in [0.29, 0.717) is 19.4 Å². The van der Waals surface area contributed by atoms with Gasteiger partial charge >= 0.3 is 12.1 Å². The minimum absolute atomic E-state index is 0.260. The highest BCUT2D eigenvalue weighted by Gasteiger charge is 2.48.